The number of rotatable bonds is 5. The molecular formula is C20H21ClF2N6O. The minimum atomic E-state index is -0.894. The van der Waals surface area contributed by atoms with E-state index in [2.05, 4.69) is 29.1 Å². The molecule has 3 aromatic rings. The van der Waals surface area contributed by atoms with E-state index in [0.29, 0.717) is 24.2 Å². The summed E-state index contributed by atoms with van der Waals surface area (Å²) < 4.78 is 30.2. The molecule has 30 heavy (non-hydrogen) atoms. The van der Waals surface area contributed by atoms with E-state index < -0.39 is 17.2 Å². The van der Waals surface area contributed by atoms with Gasteiger partial charge in [0.05, 0.1) is 17.9 Å². The molecule has 0 aliphatic carbocycles. The Morgan fingerprint density at radius 3 is 2.80 bits per heavy atom. The van der Waals surface area contributed by atoms with Gasteiger partial charge in [-0.2, -0.15) is 9.78 Å². The lowest BCUT2D eigenvalue weighted by molar-refractivity contribution is 0.487. The second-order valence-corrected chi connectivity index (χ2v) is 8.12. The fourth-order valence-corrected chi connectivity index (χ4v) is 4.07. The standard InChI is InChI=1S/C20H21ClF2N6O/c1-12(2)10-27-11-24-26-19(27)16-4-3-7-28(16)17-9-25-29(20(30)18(17)21)15-6-5-13(22)8-14(15)23/h5-6,8-9,11-12,16H,3-4,7,10H2,1-2H3. The first-order chi connectivity index (χ1) is 14.4. The summed E-state index contributed by atoms with van der Waals surface area (Å²) in [4.78, 5) is 14.8. The van der Waals surface area contributed by atoms with Crippen molar-refractivity contribution in [2.75, 3.05) is 11.4 Å². The van der Waals surface area contributed by atoms with Crippen LogP contribution in [0.1, 0.15) is 38.6 Å². The number of benzene rings is 1. The first kappa shape index (κ1) is 20.5. The minimum absolute atomic E-state index is 0.0736. The molecule has 2 aromatic heterocycles. The lowest BCUT2D eigenvalue weighted by Gasteiger charge is -2.27. The molecule has 1 saturated heterocycles. The molecule has 1 aliphatic heterocycles. The molecule has 0 amide bonds. The Labute approximate surface area is 176 Å². The van der Waals surface area contributed by atoms with Crippen LogP contribution in [0.2, 0.25) is 5.02 Å². The predicted molar refractivity (Wildman–Crippen MR) is 109 cm³/mol. The zero-order valence-electron chi connectivity index (χ0n) is 16.6. The Balaban J connectivity index is 1.71. The molecule has 0 radical (unpaired) electrons. The molecule has 1 fully saturated rings. The highest BCUT2D eigenvalue weighted by Gasteiger charge is 2.32. The summed E-state index contributed by atoms with van der Waals surface area (Å²) in [6.07, 6.45) is 4.88. The Kier molecular flexibility index (Phi) is 5.55. The SMILES string of the molecule is CC(C)Cn1cnnc1C1CCCN1c1cnn(-c2ccc(F)cc2F)c(=O)c1Cl. The van der Waals surface area contributed by atoms with Crippen molar-refractivity contribution in [1.82, 2.24) is 24.5 Å². The quantitative estimate of drug-likeness (QED) is 0.611. The van der Waals surface area contributed by atoms with E-state index in [4.69, 9.17) is 11.6 Å². The van der Waals surface area contributed by atoms with Crippen molar-refractivity contribution in [1.29, 1.82) is 0 Å². The zero-order valence-corrected chi connectivity index (χ0v) is 17.4. The molecule has 0 spiro atoms. The van der Waals surface area contributed by atoms with E-state index in [9.17, 15) is 13.6 Å². The molecule has 1 unspecified atom stereocenters. The van der Waals surface area contributed by atoms with Crippen molar-refractivity contribution in [2.45, 2.75) is 39.3 Å². The maximum absolute atomic E-state index is 14.1. The number of nitrogens with zero attached hydrogens (tertiary/aromatic N) is 6. The summed E-state index contributed by atoms with van der Waals surface area (Å²) >= 11 is 6.41. The molecule has 1 atom stereocenters. The van der Waals surface area contributed by atoms with Gasteiger partial charge in [0.1, 0.15) is 22.9 Å². The topological polar surface area (TPSA) is 68.8 Å². The summed E-state index contributed by atoms with van der Waals surface area (Å²) in [6, 6.07) is 2.82. The highest BCUT2D eigenvalue weighted by molar-refractivity contribution is 6.33. The van der Waals surface area contributed by atoms with Gasteiger partial charge in [-0.25, -0.2) is 8.78 Å². The van der Waals surface area contributed by atoms with Crippen molar-refractivity contribution in [3.05, 3.63) is 63.6 Å². The average Bonchev–Trinajstić information content (AvgIpc) is 3.33. The van der Waals surface area contributed by atoms with Gasteiger partial charge in [0.2, 0.25) is 0 Å². The molecule has 1 aromatic carbocycles. The summed E-state index contributed by atoms with van der Waals surface area (Å²) in [5, 5.41) is 12.4. The normalized spacial score (nSPS) is 16.6. The van der Waals surface area contributed by atoms with Gasteiger partial charge >= 0.3 is 0 Å². The van der Waals surface area contributed by atoms with Gasteiger partial charge in [-0.15, -0.1) is 10.2 Å². The number of hydrogen-bond acceptors (Lipinski definition) is 5. The Morgan fingerprint density at radius 1 is 1.27 bits per heavy atom. The van der Waals surface area contributed by atoms with Gasteiger partial charge in [-0.05, 0) is 30.9 Å². The number of hydrogen-bond donors (Lipinski definition) is 0. The van der Waals surface area contributed by atoms with Crippen molar-refractivity contribution < 1.29 is 8.78 Å². The van der Waals surface area contributed by atoms with E-state index >= 15 is 0 Å². The summed E-state index contributed by atoms with van der Waals surface area (Å²) in [5.41, 5.74) is -0.375. The van der Waals surface area contributed by atoms with Crippen LogP contribution < -0.4 is 10.5 Å². The molecular weight excluding hydrogens is 414 g/mol. The molecule has 0 saturated carbocycles. The maximum atomic E-state index is 14.1. The third kappa shape index (κ3) is 3.69. The molecule has 0 N–H and O–H groups in total. The van der Waals surface area contributed by atoms with Crippen LogP contribution in [-0.2, 0) is 6.54 Å². The second-order valence-electron chi connectivity index (χ2n) is 7.74. The van der Waals surface area contributed by atoms with E-state index in [0.717, 1.165) is 42.0 Å². The van der Waals surface area contributed by atoms with Crippen LogP contribution in [-0.4, -0.2) is 31.1 Å². The van der Waals surface area contributed by atoms with E-state index in [1.165, 1.54) is 6.20 Å². The van der Waals surface area contributed by atoms with Crippen LogP contribution in [0.15, 0.2) is 35.5 Å². The van der Waals surface area contributed by atoms with Crippen LogP contribution in [0.4, 0.5) is 14.5 Å². The lowest BCUT2D eigenvalue weighted by Crippen LogP contribution is -2.30. The van der Waals surface area contributed by atoms with Crippen LogP contribution in [0.5, 0.6) is 0 Å². The fraction of sp³-hybridized carbons (Fsp3) is 0.400. The van der Waals surface area contributed by atoms with Gasteiger partial charge < -0.3 is 9.47 Å². The lowest BCUT2D eigenvalue weighted by atomic mass is 10.1. The maximum Gasteiger partial charge on any atom is 0.292 e. The molecule has 0 bridgehead atoms. The highest BCUT2D eigenvalue weighted by atomic mass is 35.5. The number of halogens is 3. The monoisotopic (exact) mass is 434 g/mol. The van der Waals surface area contributed by atoms with Crippen LogP contribution in [0.3, 0.4) is 0 Å². The summed E-state index contributed by atoms with van der Waals surface area (Å²) in [6.45, 7) is 5.69. The van der Waals surface area contributed by atoms with E-state index in [1.807, 2.05) is 9.47 Å². The smallest absolute Gasteiger partial charge is 0.292 e. The third-order valence-electron chi connectivity index (χ3n) is 5.11. The highest BCUT2D eigenvalue weighted by Crippen LogP contribution is 2.37. The van der Waals surface area contributed by atoms with Gasteiger partial charge in [0, 0.05) is 19.2 Å². The summed E-state index contributed by atoms with van der Waals surface area (Å²) in [5.74, 6) is -0.396. The van der Waals surface area contributed by atoms with Crippen LogP contribution >= 0.6 is 11.6 Å². The Morgan fingerprint density at radius 2 is 2.07 bits per heavy atom. The largest absolute Gasteiger partial charge is 0.359 e. The zero-order chi connectivity index (χ0) is 21.4. The van der Waals surface area contributed by atoms with Gasteiger partial charge in [-0.3, -0.25) is 4.79 Å². The van der Waals surface area contributed by atoms with Gasteiger partial charge in [0.25, 0.3) is 5.56 Å². The molecule has 4 rings (SSSR count). The van der Waals surface area contributed by atoms with Crippen molar-refractivity contribution >= 4 is 17.3 Å². The fourth-order valence-electron chi connectivity index (χ4n) is 3.83. The summed E-state index contributed by atoms with van der Waals surface area (Å²) in [7, 11) is 0. The van der Waals surface area contributed by atoms with Crippen molar-refractivity contribution in [3.8, 4) is 5.69 Å². The molecule has 1 aliphatic rings. The number of anilines is 1. The molecule has 10 heteroatoms. The average molecular weight is 435 g/mol. The first-order valence-electron chi connectivity index (χ1n) is 9.74. The first-order valence-corrected chi connectivity index (χ1v) is 10.1. The van der Waals surface area contributed by atoms with Crippen molar-refractivity contribution in [2.24, 2.45) is 5.92 Å². The Bertz CT molecular complexity index is 1130. The third-order valence-corrected chi connectivity index (χ3v) is 5.46. The van der Waals surface area contributed by atoms with E-state index in [1.54, 1.807) is 6.33 Å². The van der Waals surface area contributed by atoms with Gasteiger partial charge in [0.15, 0.2) is 11.6 Å². The van der Waals surface area contributed by atoms with Crippen molar-refractivity contribution in [3.63, 3.8) is 0 Å². The molecule has 7 nitrogen and oxygen atoms in total. The Hall–Kier alpha value is -2.81. The molecule has 158 valence electrons. The van der Waals surface area contributed by atoms with E-state index in [-0.39, 0.29) is 16.8 Å². The number of aromatic nitrogens is 5. The van der Waals surface area contributed by atoms with Crippen LogP contribution in [0.25, 0.3) is 5.69 Å². The van der Waals surface area contributed by atoms with Gasteiger partial charge in [-0.1, -0.05) is 25.4 Å². The second kappa shape index (κ2) is 8.14. The predicted octanol–water partition coefficient (Wildman–Crippen LogP) is 3.75. The van der Waals surface area contributed by atoms with Crippen LogP contribution in [0, 0.1) is 17.6 Å². The molecule has 3 heterocycles. The minimum Gasteiger partial charge on any atom is -0.359 e.